The monoisotopic (exact) mass is 523 g/mol. The number of carboxylic acids is 1. The molecule has 0 bridgehead atoms. The van der Waals surface area contributed by atoms with Gasteiger partial charge in [-0.2, -0.15) is 5.26 Å². The van der Waals surface area contributed by atoms with Crippen molar-refractivity contribution < 1.29 is 33.7 Å². The Morgan fingerprint density at radius 3 is 2.39 bits per heavy atom. The molecule has 202 valence electrons. The number of nitrogens with one attached hydrogen (secondary N) is 1. The Kier molecular flexibility index (Phi) is 9.55. The van der Waals surface area contributed by atoms with Crippen LogP contribution in [0.3, 0.4) is 0 Å². The van der Waals surface area contributed by atoms with Crippen molar-refractivity contribution in [2.24, 2.45) is 0 Å². The van der Waals surface area contributed by atoms with E-state index in [0.717, 1.165) is 0 Å². The van der Waals surface area contributed by atoms with Gasteiger partial charge in [0.15, 0.2) is 0 Å². The molecule has 2 N–H and O–H groups in total. The van der Waals surface area contributed by atoms with E-state index in [4.69, 9.17) is 19.5 Å². The normalized spacial score (nSPS) is 14.6. The number of hydrogen-bond donors (Lipinski definition) is 2. The maximum absolute atomic E-state index is 12.8. The number of benzene rings is 2. The van der Waals surface area contributed by atoms with Crippen LogP contribution < -0.4 is 14.8 Å². The Morgan fingerprint density at radius 2 is 1.79 bits per heavy atom. The lowest BCUT2D eigenvalue weighted by Crippen LogP contribution is -2.44. The minimum Gasteiger partial charge on any atom is -0.491 e. The quantitative estimate of drug-likeness (QED) is 0.503. The van der Waals surface area contributed by atoms with Crippen LogP contribution in [0, 0.1) is 11.3 Å². The smallest absolute Gasteiger partial charge is 0.410 e. The molecule has 2 amide bonds. The summed E-state index contributed by atoms with van der Waals surface area (Å²) in [6.07, 6.45) is 0.608. The summed E-state index contributed by atoms with van der Waals surface area (Å²) in [5, 5.41) is 20.9. The molecule has 2 aromatic carbocycles. The number of carbonyl (C=O) groups is 3. The van der Waals surface area contributed by atoms with Crippen molar-refractivity contribution in [3.63, 3.8) is 0 Å². The molecular formula is C28H33N3O7. The van der Waals surface area contributed by atoms with Gasteiger partial charge in [-0.25, -0.2) is 4.79 Å². The van der Waals surface area contributed by atoms with Crippen molar-refractivity contribution in [3.8, 4) is 17.6 Å². The van der Waals surface area contributed by atoms with Gasteiger partial charge in [0.2, 0.25) is 0 Å². The van der Waals surface area contributed by atoms with E-state index in [-0.39, 0.29) is 25.2 Å². The molecule has 1 aliphatic rings. The molecule has 1 aliphatic heterocycles. The number of carboxylic acid groups (broad SMARTS) is 1. The highest BCUT2D eigenvalue weighted by Crippen LogP contribution is 2.21. The van der Waals surface area contributed by atoms with Gasteiger partial charge in [0.05, 0.1) is 24.1 Å². The lowest BCUT2D eigenvalue weighted by atomic mass is 10.1. The van der Waals surface area contributed by atoms with Gasteiger partial charge < -0.3 is 29.5 Å². The van der Waals surface area contributed by atoms with Gasteiger partial charge in [-0.15, -0.1) is 0 Å². The molecule has 1 atom stereocenters. The number of carbonyl (C=O) groups excluding carboxylic acids is 2. The summed E-state index contributed by atoms with van der Waals surface area (Å²) < 4.78 is 17.1. The first-order valence-corrected chi connectivity index (χ1v) is 12.4. The first-order chi connectivity index (χ1) is 18.0. The zero-order chi connectivity index (χ0) is 27.7. The van der Waals surface area contributed by atoms with E-state index in [1.807, 2.05) is 26.8 Å². The van der Waals surface area contributed by atoms with Crippen LogP contribution in [0.5, 0.6) is 11.5 Å². The Hall–Kier alpha value is -4.26. The summed E-state index contributed by atoms with van der Waals surface area (Å²) in [6, 6.07) is 14.3. The van der Waals surface area contributed by atoms with Crippen LogP contribution in [-0.2, 0) is 9.53 Å². The summed E-state index contributed by atoms with van der Waals surface area (Å²) in [4.78, 5) is 38.0. The molecule has 0 saturated carbocycles. The third-order valence-electron chi connectivity index (χ3n) is 5.68. The number of aliphatic carboxylic acids is 1. The largest absolute Gasteiger partial charge is 0.491 e. The lowest BCUT2D eigenvalue weighted by Gasteiger charge is -2.33. The molecule has 1 saturated heterocycles. The highest BCUT2D eigenvalue weighted by Gasteiger charge is 2.27. The SMILES string of the molecule is CC(C)(C)OC(=O)N1CCC(Oc2ccc(C(=O)N[C@@H](COc3cccc(C#N)c3)CC(=O)O)cc2)CC1. The Morgan fingerprint density at radius 1 is 1.11 bits per heavy atom. The standard InChI is InChI=1S/C28H33N3O7/c1-28(2,3)38-27(35)31-13-11-23(12-14-31)37-22-9-7-20(8-10-22)26(34)30-21(16-25(32)33)18-36-24-6-4-5-19(15-24)17-29/h4-10,15,21,23H,11-14,16,18H2,1-3H3,(H,30,34)(H,32,33)/t21-/m1/s1. The second-order valence-electron chi connectivity index (χ2n) is 10.0. The molecular weight excluding hydrogens is 490 g/mol. The molecule has 0 radical (unpaired) electrons. The molecule has 10 nitrogen and oxygen atoms in total. The average Bonchev–Trinajstić information content (AvgIpc) is 2.87. The lowest BCUT2D eigenvalue weighted by molar-refractivity contribution is -0.137. The summed E-state index contributed by atoms with van der Waals surface area (Å²) in [5.74, 6) is -0.513. The zero-order valence-corrected chi connectivity index (χ0v) is 21.8. The third-order valence-corrected chi connectivity index (χ3v) is 5.68. The Bertz CT molecular complexity index is 1160. The van der Waals surface area contributed by atoms with Gasteiger partial charge in [-0.05, 0) is 63.2 Å². The molecule has 0 aliphatic carbocycles. The number of piperidine rings is 1. The number of rotatable bonds is 9. The van der Waals surface area contributed by atoms with Crippen molar-refractivity contribution in [1.29, 1.82) is 5.26 Å². The first-order valence-electron chi connectivity index (χ1n) is 12.4. The summed E-state index contributed by atoms with van der Waals surface area (Å²) in [7, 11) is 0. The van der Waals surface area contributed by atoms with Crippen LogP contribution in [0.2, 0.25) is 0 Å². The molecule has 3 rings (SSSR count). The highest BCUT2D eigenvalue weighted by molar-refractivity contribution is 5.94. The fourth-order valence-corrected chi connectivity index (χ4v) is 3.84. The third kappa shape index (κ3) is 9.00. The molecule has 0 unspecified atom stereocenters. The maximum atomic E-state index is 12.8. The fraction of sp³-hybridized carbons (Fsp3) is 0.429. The minimum atomic E-state index is -1.08. The Balaban J connectivity index is 1.51. The van der Waals surface area contributed by atoms with E-state index in [1.54, 1.807) is 53.4 Å². The van der Waals surface area contributed by atoms with Crippen molar-refractivity contribution >= 4 is 18.0 Å². The highest BCUT2D eigenvalue weighted by atomic mass is 16.6. The van der Waals surface area contributed by atoms with Crippen LogP contribution in [0.15, 0.2) is 48.5 Å². The van der Waals surface area contributed by atoms with Gasteiger partial charge in [-0.3, -0.25) is 9.59 Å². The van der Waals surface area contributed by atoms with Crippen LogP contribution >= 0.6 is 0 Å². The van der Waals surface area contributed by atoms with Gasteiger partial charge in [0, 0.05) is 31.5 Å². The molecule has 10 heteroatoms. The number of ether oxygens (including phenoxy) is 3. The van der Waals surface area contributed by atoms with Gasteiger partial charge in [-0.1, -0.05) is 6.07 Å². The number of nitrogens with zero attached hydrogens (tertiary/aromatic N) is 2. The summed E-state index contributed by atoms with van der Waals surface area (Å²) >= 11 is 0. The molecule has 38 heavy (non-hydrogen) atoms. The maximum Gasteiger partial charge on any atom is 0.410 e. The molecule has 0 aromatic heterocycles. The van der Waals surface area contributed by atoms with Crippen molar-refractivity contribution in [3.05, 3.63) is 59.7 Å². The number of likely N-dealkylation sites (tertiary alicyclic amines) is 1. The predicted octanol–water partition coefficient (Wildman–Crippen LogP) is 3.99. The topological polar surface area (TPSA) is 138 Å². The van der Waals surface area contributed by atoms with Crippen LogP contribution in [0.25, 0.3) is 0 Å². The summed E-state index contributed by atoms with van der Waals surface area (Å²) in [5.41, 5.74) is 0.222. The van der Waals surface area contributed by atoms with Crippen molar-refractivity contribution in [1.82, 2.24) is 10.2 Å². The second kappa shape index (κ2) is 12.8. The minimum absolute atomic E-state index is 0.0648. The van der Waals surface area contributed by atoms with Crippen LogP contribution in [0.4, 0.5) is 4.79 Å². The molecule has 0 spiro atoms. The van der Waals surface area contributed by atoms with E-state index in [9.17, 15) is 19.5 Å². The zero-order valence-electron chi connectivity index (χ0n) is 21.8. The van der Waals surface area contributed by atoms with E-state index in [0.29, 0.717) is 48.6 Å². The molecule has 1 fully saturated rings. The van der Waals surface area contributed by atoms with Gasteiger partial charge in [0.25, 0.3) is 5.91 Å². The number of amides is 2. The molecule has 1 heterocycles. The number of nitriles is 1. The predicted molar refractivity (Wildman–Crippen MR) is 138 cm³/mol. The van der Waals surface area contributed by atoms with E-state index < -0.39 is 23.5 Å². The second-order valence-corrected chi connectivity index (χ2v) is 10.0. The summed E-state index contributed by atoms with van der Waals surface area (Å²) in [6.45, 7) is 6.50. The van der Waals surface area contributed by atoms with Gasteiger partial charge >= 0.3 is 12.1 Å². The average molecular weight is 524 g/mol. The molecule has 2 aromatic rings. The Labute approximate surface area is 222 Å². The van der Waals surface area contributed by atoms with Crippen molar-refractivity contribution in [2.45, 2.75) is 57.8 Å². The van der Waals surface area contributed by atoms with E-state index >= 15 is 0 Å². The fourth-order valence-electron chi connectivity index (χ4n) is 3.84. The van der Waals surface area contributed by atoms with E-state index in [2.05, 4.69) is 5.32 Å². The van der Waals surface area contributed by atoms with Crippen LogP contribution in [0.1, 0.15) is 56.0 Å². The first kappa shape index (κ1) is 28.3. The number of hydrogen-bond acceptors (Lipinski definition) is 7. The van der Waals surface area contributed by atoms with E-state index in [1.165, 1.54) is 0 Å². The van der Waals surface area contributed by atoms with Gasteiger partial charge in [0.1, 0.15) is 29.8 Å². The van der Waals surface area contributed by atoms with Crippen molar-refractivity contribution in [2.75, 3.05) is 19.7 Å². The van der Waals surface area contributed by atoms with Crippen LogP contribution in [-0.4, -0.2) is 65.4 Å².